The van der Waals surface area contributed by atoms with Crippen molar-refractivity contribution in [1.29, 1.82) is 0 Å². The minimum absolute atomic E-state index is 0.132. The number of hydrogen-bond acceptors (Lipinski definition) is 6. The largest absolute Gasteiger partial charge is 0.504 e. The lowest BCUT2D eigenvalue weighted by molar-refractivity contribution is 0.0600. The second-order valence-corrected chi connectivity index (χ2v) is 8.57. The maximum Gasteiger partial charge on any atom is 0.337 e. The maximum absolute atomic E-state index is 11.8. The average Bonchev–Trinajstić information content (AvgIpc) is 2.85. The fourth-order valence-electron chi connectivity index (χ4n) is 3.93. The third-order valence-electron chi connectivity index (χ3n) is 5.55. The molecule has 2 atom stereocenters. The van der Waals surface area contributed by atoms with Crippen LogP contribution in [0, 0.1) is 0 Å². The summed E-state index contributed by atoms with van der Waals surface area (Å²) in [5.74, 6) is 0.210. The Morgan fingerprint density at radius 3 is 2.61 bits per heavy atom. The highest BCUT2D eigenvalue weighted by atomic mass is 79.9. The summed E-state index contributed by atoms with van der Waals surface area (Å²) in [6.07, 6.45) is 0.232. The third-order valence-corrected chi connectivity index (χ3v) is 6.05. The van der Waals surface area contributed by atoms with E-state index in [1.165, 1.54) is 7.11 Å². The number of phenolic OH excluding ortho intramolecular Hbond substituents is 1. The Labute approximate surface area is 201 Å². The number of methoxy groups -OCH3 is 1. The first-order valence-corrected chi connectivity index (χ1v) is 11.5. The van der Waals surface area contributed by atoms with Crippen molar-refractivity contribution in [3.63, 3.8) is 0 Å². The van der Waals surface area contributed by atoms with Crippen LogP contribution in [0.25, 0.3) is 0 Å². The van der Waals surface area contributed by atoms with E-state index in [0.29, 0.717) is 24.3 Å². The van der Waals surface area contributed by atoms with E-state index in [4.69, 9.17) is 14.5 Å². The van der Waals surface area contributed by atoms with Gasteiger partial charge in [-0.15, -0.1) is 0 Å². The van der Waals surface area contributed by atoms with E-state index < -0.39 is 0 Å². The van der Waals surface area contributed by atoms with Gasteiger partial charge in [-0.1, -0.05) is 52.3 Å². The van der Waals surface area contributed by atoms with Crippen LogP contribution < -0.4 is 10.1 Å². The molecule has 1 aliphatic rings. The van der Waals surface area contributed by atoms with Crippen LogP contribution in [0.1, 0.15) is 52.6 Å². The fraction of sp³-hybridized carbons (Fsp3) is 0.231. The molecule has 33 heavy (non-hydrogen) atoms. The van der Waals surface area contributed by atoms with Crippen molar-refractivity contribution in [2.45, 2.75) is 25.6 Å². The first-order valence-electron chi connectivity index (χ1n) is 10.7. The zero-order valence-electron chi connectivity index (χ0n) is 18.4. The molecule has 3 aromatic carbocycles. The summed E-state index contributed by atoms with van der Waals surface area (Å²) in [5.41, 5.74) is 4.06. The second kappa shape index (κ2) is 10.2. The van der Waals surface area contributed by atoms with E-state index in [9.17, 15) is 9.90 Å². The highest BCUT2D eigenvalue weighted by Crippen LogP contribution is 2.39. The van der Waals surface area contributed by atoms with Crippen molar-refractivity contribution in [2.24, 2.45) is 4.99 Å². The minimum Gasteiger partial charge on any atom is -0.504 e. The topological polar surface area (TPSA) is 80.2 Å². The number of nitrogens with zero attached hydrogens (tertiary/aromatic N) is 1. The van der Waals surface area contributed by atoms with Gasteiger partial charge in [-0.2, -0.15) is 0 Å². The standard InChI is InChI=1S/C26H25BrN2O4/c1-3-33-23-9-5-8-20(24(23)30)22-15-21(18-6-4-7-19(27)14-18)28-25(29-22)16-10-12-17(13-11-16)26(31)32-2/h4-14,22,25,29-30H,3,15H2,1-2H3/t22-,25+/m0/s1. The maximum atomic E-state index is 11.8. The molecule has 0 amide bonds. The third kappa shape index (κ3) is 5.10. The van der Waals surface area contributed by atoms with Gasteiger partial charge in [0.05, 0.1) is 19.3 Å². The molecule has 0 saturated carbocycles. The first-order chi connectivity index (χ1) is 16.0. The van der Waals surface area contributed by atoms with Gasteiger partial charge in [0.25, 0.3) is 0 Å². The molecule has 0 saturated heterocycles. The van der Waals surface area contributed by atoms with Crippen LogP contribution in [0.15, 0.2) is 76.2 Å². The van der Waals surface area contributed by atoms with E-state index in [2.05, 4.69) is 21.2 Å². The zero-order chi connectivity index (χ0) is 23.4. The van der Waals surface area contributed by atoms with E-state index in [1.807, 2.05) is 55.5 Å². The van der Waals surface area contributed by atoms with Gasteiger partial charge in [0, 0.05) is 28.2 Å². The van der Waals surface area contributed by atoms with Crippen molar-refractivity contribution in [3.05, 3.63) is 93.5 Å². The lowest BCUT2D eigenvalue weighted by Crippen LogP contribution is -2.33. The molecule has 7 heteroatoms. The molecule has 2 N–H and O–H groups in total. The molecule has 170 valence electrons. The van der Waals surface area contributed by atoms with Gasteiger partial charge in [0.1, 0.15) is 6.17 Å². The van der Waals surface area contributed by atoms with Crippen molar-refractivity contribution in [3.8, 4) is 11.5 Å². The summed E-state index contributed by atoms with van der Waals surface area (Å²) < 4.78 is 11.4. The van der Waals surface area contributed by atoms with Gasteiger partial charge in [0.2, 0.25) is 0 Å². The Hall–Kier alpha value is -3.16. The molecule has 0 aromatic heterocycles. The van der Waals surface area contributed by atoms with Gasteiger partial charge < -0.3 is 14.6 Å². The Morgan fingerprint density at radius 2 is 1.91 bits per heavy atom. The second-order valence-electron chi connectivity index (χ2n) is 7.65. The quantitative estimate of drug-likeness (QED) is 0.426. The molecule has 6 nitrogen and oxygen atoms in total. The number of aliphatic imine (C=N–C) groups is 1. The van der Waals surface area contributed by atoms with Crippen LogP contribution in [-0.4, -0.2) is 30.5 Å². The molecule has 1 heterocycles. The minimum atomic E-state index is -0.382. The number of carbonyl (C=O) groups excluding carboxylic acids is 1. The first kappa shape index (κ1) is 23.0. The Balaban J connectivity index is 1.73. The highest BCUT2D eigenvalue weighted by Gasteiger charge is 2.28. The Morgan fingerprint density at radius 1 is 1.15 bits per heavy atom. The van der Waals surface area contributed by atoms with Crippen LogP contribution in [0.2, 0.25) is 0 Å². The lowest BCUT2D eigenvalue weighted by Gasteiger charge is -2.31. The number of carbonyl (C=O) groups is 1. The zero-order valence-corrected chi connectivity index (χ0v) is 20.0. The highest BCUT2D eigenvalue weighted by molar-refractivity contribution is 9.10. The molecular formula is C26H25BrN2O4. The number of ether oxygens (including phenoxy) is 2. The van der Waals surface area contributed by atoms with Crippen molar-refractivity contribution in [2.75, 3.05) is 13.7 Å². The van der Waals surface area contributed by atoms with Crippen molar-refractivity contribution in [1.82, 2.24) is 5.32 Å². The monoisotopic (exact) mass is 508 g/mol. The van der Waals surface area contributed by atoms with E-state index in [-0.39, 0.29) is 23.9 Å². The number of rotatable bonds is 6. The van der Waals surface area contributed by atoms with Crippen LogP contribution in [0.3, 0.4) is 0 Å². The number of nitrogens with one attached hydrogen (secondary N) is 1. The van der Waals surface area contributed by atoms with Crippen molar-refractivity contribution < 1.29 is 19.4 Å². The summed E-state index contributed by atoms with van der Waals surface area (Å²) in [6.45, 7) is 2.35. The molecule has 4 rings (SSSR count). The van der Waals surface area contributed by atoms with E-state index in [1.54, 1.807) is 18.2 Å². The van der Waals surface area contributed by atoms with Crippen LogP contribution in [-0.2, 0) is 4.74 Å². The molecular weight excluding hydrogens is 484 g/mol. The lowest BCUT2D eigenvalue weighted by atomic mass is 9.93. The number of para-hydroxylation sites is 1. The van der Waals surface area contributed by atoms with E-state index >= 15 is 0 Å². The molecule has 0 unspecified atom stereocenters. The van der Waals surface area contributed by atoms with Crippen LogP contribution in [0.5, 0.6) is 11.5 Å². The summed E-state index contributed by atoms with van der Waals surface area (Å²) >= 11 is 3.54. The smallest absolute Gasteiger partial charge is 0.337 e. The molecule has 0 radical (unpaired) electrons. The molecule has 0 spiro atoms. The van der Waals surface area contributed by atoms with Gasteiger partial charge in [-0.3, -0.25) is 10.3 Å². The SMILES string of the molecule is CCOc1cccc([C@@H]2CC(c3cccc(Br)c3)=N[C@@H](c3ccc(C(=O)OC)cc3)N2)c1O. The van der Waals surface area contributed by atoms with Crippen LogP contribution in [0.4, 0.5) is 0 Å². The molecule has 3 aromatic rings. The fourth-order valence-corrected chi connectivity index (χ4v) is 4.33. The number of benzene rings is 3. The predicted octanol–water partition coefficient (Wildman–Crippen LogP) is 5.56. The Bertz CT molecular complexity index is 1180. The molecule has 0 bridgehead atoms. The normalized spacial score (nSPS) is 17.8. The number of aromatic hydroxyl groups is 1. The molecule has 1 aliphatic heterocycles. The summed E-state index contributed by atoms with van der Waals surface area (Å²) in [6, 6.07) is 20.6. The molecule has 0 aliphatic carbocycles. The summed E-state index contributed by atoms with van der Waals surface area (Å²) in [4.78, 5) is 16.8. The van der Waals surface area contributed by atoms with Gasteiger partial charge >= 0.3 is 5.97 Å². The average molecular weight is 509 g/mol. The van der Waals surface area contributed by atoms with Gasteiger partial charge in [0.15, 0.2) is 11.5 Å². The van der Waals surface area contributed by atoms with Gasteiger partial charge in [-0.05, 0) is 48.4 Å². The Kier molecular flexibility index (Phi) is 7.11. The summed E-state index contributed by atoms with van der Waals surface area (Å²) in [7, 11) is 1.36. The predicted molar refractivity (Wildman–Crippen MR) is 131 cm³/mol. The summed E-state index contributed by atoms with van der Waals surface area (Å²) in [5, 5.41) is 14.4. The number of halogens is 1. The number of phenols is 1. The van der Waals surface area contributed by atoms with E-state index in [0.717, 1.165) is 26.9 Å². The number of hydrogen-bond donors (Lipinski definition) is 2. The van der Waals surface area contributed by atoms with Crippen molar-refractivity contribution >= 4 is 27.6 Å². The van der Waals surface area contributed by atoms with Crippen LogP contribution >= 0.6 is 15.9 Å². The molecule has 0 fully saturated rings. The van der Waals surface area contributed by atoms with Gasteiger partial charge in [-0.25, -0.2) is 4.79 Å². The number of esters is 1.